The lowest BCUT2D eigenvalue weighted by atomic mass is 9.91. The van der Waals surface area contributed by atoms with Gasteiger partial charge < -0.3 is 28.4 Å². The second-order valence-corrected chi connectivity index (χ2v) is 8.00. The van der Waals surface area contributed by atoms with Crippen molar-refractivity contribution in [2.24, 2.45) is 0 Å². The molecule has 10 heteroatoms. The Bertz CT molecular complexity index is 1330. The van der Waals surface area contributed by atoms with E-state index in [-0.39, 0.29) is 58.5 Å². The van der Waals surface area contributed by atoms with Gasteiger partial charge in [-0.25, -0.2) is 0 Å². The standard InChI is InChI=1S/C28H24O10/c1-33-19-7-5-15(11-21(19)35-3)25(29)27(31)17-13-23-24(38-10-9-37-23)14-18(17)28(32)26(30)16-6-8-20(34-2)22(12-16)36-4/h5-8,11-14H,9-10H2,1-4H3. The van der Waals surface area contributed by atoms with Crippen LogP contribution in [-0.4, -0.2) is 64.8 Å². The molecule has 0 unspecified atom stereocenters. The number of carbonyl (C=O) groups excluding carboxylic acids is 4. The molecule has 10 nitrogen and oxygen atoms in total. The molecule has 1 heterocycles. The molecule has 3 aromatic carbocycles. The van der Waals surface area contributed by atoms with Crippen LogP contribution in [0.1, 0.15) is 41.4 Å². The number of hydrogen-bond acceptors (Lipinski definition) is 10. The zero-order valence-electron chi connectivity index (χ0n) is 21.1. The summed E-state index contributed by atoms with van der Waals surface area (Å²) in [5.74, 6) is -2.30. The molecular weight excluding hydrogens is 496 g/mol. The number of Topliss-reactive ketones (excluding diaryl/α,β-unsaturated/α-hetero) is 4. The maximum Gasteiger partial charge on any atom is 0.234 e. The average molecular weight is 520 g/mol. The lowest BCUT2D eigenvalue weighted by Gasteiger charge is -2.20. The van der Waals surface area contributed by atoms with Crippen LogP contribution in [0.25, 0.3) is 0 Å². The van der Waals surface area contributed by atoms with E-state index in [4.69, 9.17) is 28.4 Å². The van der Waals surface area contributed by atoms with E-state index in [2.05, 4.69) is 0 Å². The number of ether oxygens (including phenoxy) is 6. The Labute approximate surface area is 218 Å². The van der Waals surface area contributed by atoms with Gasteiger partial charge in [0.25, 0.3) is 0 Å². The second kappa shape index (κ2) is 11.0. The van der Waals surface area contributed by atoms with Gasteiger partial charge in [0.2, 0.25) is 23.1 Å². The summed E-state index contributed by atoms with van der Waals surface area (Å²) in [4.78, 5) is 53.3. The van der Waals surface area contributed by atoms with Crippen molar-refractivity contribution >= 4 is 23.1 Å². The lowest BCUT2D eigenvalue weighted by Crippen LogP contribution is -2.24. The summed E-state index contributed by atoms with van der Waals surface area (Å²) in [6, 6.07) is 11.0. The van der Waals surface area contributed by atoms with Gasteiger partial charge in [-0.15, -0.1) is 0 Å². The van der Waals surface area contributed by atoms with Crippen molar-refractivity contribution in [1.29, 1.82) is 0 Å². The Balaban J connectivity index is 1.76. The molecule has 0 saturated heterocycles. The van der Waals surface area contributed by atoms with Crippen molar-refractivity contribution in [3.8, 4) is 34.5 Å². The topological polar surface area (TPSA) is 124 Å². The van der Waals surface area contributed by atoms with Gasteiger partial charge >= 0.3 is 0 Å². The van der Waals surface area contributed by atoms with E-state index in [0.29, 0.717) is 11.5 Å². The highest BCUT2D eigenvalue weighted by molar-refractivity contribution is 6.54. The number of rotatable bonds is 10. The van der Waals surface area contributed by atoms with Gasteiger partial charge in [-0.05, 0) is 48.5 Å². The summed E-state index contributed by atoms with van der Waals surface area (Å²) < 4.78 is 31.9. The Morgan fingerprint density at radius 2 is 0.895 bits per heavy atom. The minimum Gasteiger partial charge on any atom is -0.493 e. The van der Waals surface area contributed by atoms with E-state index in [1.165, 1.54) is 77.0 Å². The van der Waals surface area contributed by atoms with E-state index in [1.54, 1.807) is 0 Å². The maximum absolute atomic E-state index is 13.4. The first kappa shape index (κ1) is 26.2. The zero-order chi connectivity index (χ0) is 27.4. The fraction of sp³-hybridized carbons (Fsp3) is 0.214. The fourth-order valence-corrected chi connectivity index (χ4v) is 3.93. The fourth-order valence-electron chi connectivity index (χ4n) is 3.93. The molecule has 0 aromatic heterocycles. The van der Waals surface area contributed by atoms with Gasteiger partial charge in [-0.1, -0.05) is 0 Å². The Hall–Kier alpha value is -4.86. The highest BCUT2D eigenvalue weighted by Crippen LogP contribution is 2.35. The molecule has 4 rings (SSSR count). The zero-order valence-corrected chi connectivity index (χ0v) is 21.1. The molecule has 3 aromatic rings. The van der Waals surface area contributed by atoms with Crippen LogP contribution in [0, 0.1) is 0 Å². The van der Waals surface area contributed by atoms with Gasteiger partial charge in [0.1, 0.15) is 13.2 Å². The van der Waals surface area contributed by atoms with Crippen LogP contribution in [0.15, 0.2) is 48.5 Å². The number of ketones is 4. The van der Waals surface area contributed by atoms with Crippen molar-refractivity contribution in [2.45, 2.75) is 0 Å². The van der Waals surface area contributed by atoms with Crippen LogP contribution in [0.2, 0.25) is 0 Å². The van der Waals surface area contributed by atoms with E-state index in [0.717, 1.165) is 0 Å². The molecule has 0 radical (unpaired) electrons. The summed E-state index contributed by atoms with van der Waals surface area (Å²) in [5.41, 5.74) is -0.583. The average Bonchev–Trinajstić information content (AvgIpc) is 2.97. The summed E-state index contributed by atoms with van der Waals surface area (Å²) in [6.45, 7) is 0.421. The highest BCUT2D eigenvalue weighted by Gasteiger charge is 2.31. The molecule has 0 aliphatic carbocycles. The molecule has 1 aliphatic rings. The molecule has 0 amide bonds. The Kier molecular flexibility index (Phi) is 7.61. The Morgan fingerprint density at radius 3 is 1.24 bits per heavy atom. The third kappa shape index (κ3) is 4.88. The van der Waals surface area contributed by atoms with E-state index in [9.17, 15) is 19.2 Å². The van der Waals surface area contributed by atoms with Crippen LogP contribution in [0.3, 0.4) is 0 Å². The van der Waals surface area contributed by atoms with Crippen molar-refractivity contribution in [2.75, 3.05) is 41.7 Å². The van der Waals surface area contributed by atoms with Crippen LogP contribution >= 0.6 is 0 Å². The molecule has 0 spiro atoms. The first-order valence-electron chi connectivity index (χ1n) is 11.4. The normalized spacial score (nSPS) is 11.8. The summed E-state index contributed by atoms with van der Waals surface area (Å²) in [7, 11) is 5.66. The van der Waals surface area contributed by atoms with E-state index in [1.807, 2.05) is 0 Å². The van der Waals surface area contributed by atoms with Gasteiger partial charge in [-0.2, -0.15) is 0 Å². The van der Waals surface area contributed by atoms with Crippen molar-refractivity contribution in [3.05, 3.63) is 70.8 Å². The number of methoxy groups -OCH3 is 4. The number of fused-ring (bicyclic) bond motifs is 1. The largest absolute Gasteiger partial charge is 0.493 e. The minimum atomic E-state index is -1.02. The van der Waals surface area contributed by atoms with E-state index < -0.39 is 23.1 Å². The molecule has 1 aliphatic heterocycles. The molecule has 0 atom stereocenters. The first-order valence-corrected chi connectivity index (χ1v) is 11.4. The number of carbonyl (C=O) groups is 4. The molecular formula is C28H24O10. The Morgan fingerprint density at radius 1 is 0.526 bits per heavy atom. The van der Waals surface area contributed by atoms with Gasteiger partial charge in [0.05, 0.1) is 28.4 Å². The molecule has 38 heavy (non-hydrogen) atoms. The third-order valence-corrected chi connectivity index (χ3v) is 5.88. The molecule has 0 saturated carbocycles. The van der Waals surface area contributed by atoms with Gasteiger partial charge in [0.15, 0.2) is 34.5 Å². The predicted octanol–water partition coefficient (Wildman–Crippen LogP) is 3.62. The number of benzene rings is 3. The lowest BCUT2D eigenvalue weighted by molar-refractivity contribution is 0.0799. The van der Waals surface area contributed by atoms with Crippen LogP contribution in [-0.2, 0) is 0 Å². The number of hydrogen-bond donors (Lipinski definition) is 0. The first-order chi connectivity index (χ1) is 18.3. The second-order valence-electron chi connectivity index (χ2n) is 8.00. The minimum absolute atomic E-state index is 0.00663. The third-order valence-electron chi connectivity index (χ3n) is 5.88. The maximum atomic E-state index is 13.4. The SMILES string of the molecule is COc1ccc(C(=O)C(=O)c2cc3c(cc2C(=O)C(=O)c2ccc(OC)c(OC)c2)OCCO3)cc1OC. The quantitative estimate of drug-likeness (QED) is 0.289. The molecule has 0 bridgehead atoms. The van der Waals surface area contributed by atoms with Crippen LogP contribution in [0.5, 0.6) is 34.5 Å². The van der Waals surface area contributed by atoms with Crippen LogP contribution < -0.4 is 28.4 Å². The monoisotopic (exact) mass is 520 g/mol. The summed E-state index contributed by atoms with van der Waals surface area (Å²) in [5, 5.41) is 0. The van der Waals surface area contributed by atoms with Gasteiger partial charge in [0, 0.05) is 22.3 Å². The van der Waals surface area contributed by atoms with Gasteiger partial charge in [-0.3, -0.25) is 19.2 Å². The highest BCUT2D eigenvalue weighted by atomic mass is 16.6. The van der Waals surface area contributed by atoms with Crippen LogP contribution in [0.4, 0.5) is 0 Å². The smallest absolute Gasteiger partial charge is 0.234 e. The predicted molar refractivity (Wildman–Crippen MR) is 134 cm³/mol. The molecule has 0 N–H and O–H groups in total. The summed E-state index contributed by atoms with van der Waals surface area (Å²) in [6.07, 6.45) is 0. The van der Waals surface area contributed by atoms with Crippen molar-refractivity contribution in [1.82, 2.24) is 0 Å². The van der Waals surface area contributed by atoms with Crippen molar-refractivity contribution in [3.63, 3.8) is 0 Å². The molecule has 0 fully saturated rings. The molecule has 196 valence electrons. The van der Waals surface area contributed by atoms with Crippen molar-refractivity contribution < 1.29 is 47.6 Å². The van der Waals surface area contributed by atoms with E-state index >= 15 is 0 Å². The summed E-state index contributed by atoms with van der Waals surface area (Å²) >= 11 is 0.